The summed E-state index contributed by atoms with van der Waals surface area (Å²) in [5.41, 5.74) is 4.34. The van der Waals surface area contributed by atoms with Crippen molar-refractivity contribution in [3.05, 3.63) is 95.1 Å². The Balaban J connectivity index is 1.69. The van der Waals surface area contributed by atoms with Crippen LogP contribution in [0.15, 0.2) is 72.8 Å². The topological polar surface area (TPSA) is 67.9 Å². The van der Waals surface area contributed by atoms with Gasteiger partial charge < -0.3 is 19.7 Å². The number of carbonyl (C=O) groups is 2. The minimum absolute atomic E-state index is 0.0787. The molecule has 3 rings (SSSR count). The highest BCUT2D eigenvalue weighted by atomic mass is 16.5. The number of anilines is 1. The van der Waals surface area contributed by atoms with Crippen LogP contribution in [0.3, 0.4) is 0 Å². The molecule has 0 saturated carbocycles. The molecule has 6 heteroatoms. The highest BCUT2D eigenvalue weighted by Gasteiger charge is 2.20. The predicted molar refractivity (Wildman–Crippen MR) is 130 cm³/mol. The molecule has 0 heterocycles. The molecule has 1 N–H and O–H groups in total. The van der Waals surface area contributed by atoms with Gasteiger partial charge in [-0.3, -0.25) is 9.59 Å². The maximum Gasteiger partial charge on any atom is 0.254 e. The van der Waals surface area contributed by atoms with E-state index < -0.39 is 0 Å². The summed E-state index contributed by atoms with van der Waals surface area (Å²) < 4.78 is 11.0. The molecular formula is C27H30N2O4. The van der Waals surface area contributed by atoms with Crippen LogP contribution in [0.4, 0.5) is 5.69 Å². The number of nitrogens with zero attached hydrogens (tertiary/aromatic N) is 1. The van der Waals surface area contributed by atoms with Gasteiger partial charge in [-0.25, -0.2) is 0 Å². The number of aryl methyl sites for hydroxylation is 1. The summed E-state index contributed by atoms with van der Waals surface area (Å²) in [4.78, 5) is 27.4. The third-order valence-electron chi connectivity index (χ3n) is 5.40. The largest absolute Gasteiger partial charge is 0.489 e. The van der Waals surface area contributed by atoms with Crippen LogP contribution in [0, 0.1) is 13.8 Å². The Bertz CT molecular complexity index is 1080. The molecule has 0 atom stereocenters. The van der Waals surface area contributed by atoms with E-state index >= 15 is 0 Å². The predicted octanol–water partition coefficient (Wildman–Crippen LogP) is 4.61. The van der Waals surface area contributed by atoms with Crippen molar-refractivity contribution in [3.8, 4) is 5.75 Å². The van der Waals surface area contributed by atoms with Crippen molar-refractivity contribution >= 4 is 17.5 Å². The lowest BCUT2D eigenvalue weighted by atomic mass is 10.1. The van der Waals surface area contributed by atoms with Gasteiger partial charge in [0.15, 0.2) is 0 Å². The first-order valence-corrected chi connectivity index (χ1v) is 10.9. The van der Waals surface area contributed by atoms with Crippen LogP contribution in [-0.2, 0) is 16.1 Å². The molecule has 0 aliphatic heterocycles. The van der Waals surface area contributed by atoms with E-state index in [0.717, 1.165) is 22.4 Å². The summed E-state index contributed by atoms with van der Waals surface area (Å²) in [5.74, 6) is 0.0780. The second-order valence-corrected chi connectivity index (χ2v) is 7.82. The Morgan fingerprint density at radius 2 is 1.70 bits per heavy atom. The number of hydrogen-bond donors (Lipinski definition) is 1. The first kappa shape index (κ1) is 24.0. The van der Waals surface area contributed by atoms with E-state index in [0.29, 0.717) is 31.1 Å². The minimum Gasteiger partial charge on any atom is -0.489 e. The first-order valence-electron chi connectivity index (χ1n) is 10.9. The van der Waals surface area contributed by atoms with Gasteiger partial charge in [0.05, 0.1) is 6.61 Å². The average Bonchev–Trinajstić information content (AvgIpc) is 2.83. The molecule has 172 valence electrons. The number of methoxy groups -OCH3 is 1. The molecule has 3 aromatic rings. The lowest BCUT2D eigenvalue weighted by Gasteiger charge is -2.22. The Morgan fingerprint density at radius 3 is 2.45 bits per heavy atom. The SMILES string of the molecule is COCCN(CC(=O)Nc1cccc(C)c1C)C(=O)c1cccc(OCc2ccccc2)c1. The summed E-state index contributed by atoms with van der Waals surface area (Å²) in [7, 11) is 1.57. The van der Waals surface area contributed by atoms with E-state index in [2.05, 4.69) is 5.32 Å². The smallest absolute Gasteiger partial charge is 0.254 e. The van der Waals surface area contributed by atoms with E-state index in [1.807, 2.05) is 68.4 Å². The summed E-state index contributed by atoms with van der Waals surface area (Å²) in [6, 6.07) is 22.6. The number of nitrogens with one attached hydrogen (secondary N) is 1. The van der Waals surface area contributed by atoms with Gasteiger partial charge in [-0.05, 0) is 54.8 Å². The Morgan fingerprint density at radius 1 is 0.939 bits per heavy atom. The molecule has 3 aromatic carbocycles. The van der Waals surface area contributed by atoms with Crippen molar-refractivity contribution in [2.24, 2.45) is 0 Å². The third kappa shape index (κ3) is 6.92. The fraction of sp³-hybridized carbons (Fsp3) is 0.259. The van der Waals surface area contributed by atoms with Crippen molar-refractivity contribution in [1.82, 2.24) is 4.90 Å². The van der Waals surface area contributed by atoms with Crippen molar-refractivity contribution < 1.29 is 19.1 Å². The molecule has 0 unspecified atom stereocenters. The molecule has 0 saturated heterocycles. The summed E-state index contributed by atoms with van der Waals surface area (Å²) in [6.45, 7) is 4.90. The number of ether oxygens (including phenoxy) is 2. The molecule has 0 radical (unpaired) electrons. The van der Waals surface area contributed by atoms with Gasteiger partial charge in [-0.1, -0.05) is 48.5 Å². The molecule has 0 fully saturated rings. The third-order valence-corrected chi connectivity index (χ3v) is 5.40. The van der Waals surface area contributed by atoms with Crippen molar-refractivity contribution in [3.63, 3.8) is 0 Å². The second kappa shape index (κ2) is 11.8. The second-order valence-electron chi connectivity index (χ2n) is 7.82. The van der Waals surface area contributed by atoms with Crippen LogP contribution in [0.2, 0.25) is 0 Å². The Kier molecular flexibility index (Phi) is 8.61. The molecule has 0 spiro atoms. The molecule has 0 aliphatic rings. The van der Waals surface area contributed by atoms with Crippen LogP contribution >= 0.6 is 0 Å². The molecule has 6 nitrogen and oxygen atoms in total. The van der Waals surface area contributed by atoms with Gasteiger partial charge in [-0.15, -0.1) is 0 Å². The normalized spacial score (nSPS) is 10.5. The van der Waals surface area contributed by atoms with Gasteiger partial charge in [0.1, 0.15) is 18.9 Å². The number of benzene rings is 3. The van der Waals surface area contributed by atoms with Crippen molar-refractivity contribution in [2.45, 2.75) is 20.5 Å². The number of carbonyl (C=O) groups excluding carboxylic acids is 2. The lowest BCUT2D eigenvalue weighted by molar-refractivity contribution is -0.117. The van der Waals surface area contributed by atoms with E-state index in [-0.39, 0.29) is 18.4 Å². The zero-order valence-corrected chi connectivity index (χ0v) is 19.3. The molecule has 0 bridgehead atoms. The number of hydrogen-bond acceptors (Lipinski definition) is 4. The fourth-order valence-electron chi connectivity index (χ4n) is 3.35. The summed E-state index contributed by atoms with van der Waals surface area (Å²) in [5, 5.41) is 2.92. The van der Waals surface area contributed by atoms with Crippen LogP contribution < -0.4 is 10.1 Å². The van der Waals surface area contributed by atoms with Gasteiger partial charge in [0, 0.05) is 24.9 Å². The van der Waals surface area contributed by atoms with Crippen LogP contribution in [0.1, 0.15) is 27.0 Å². The van der Waals surface area contributed by atoms with Gasteiger partial charge in [0.25, 0.3) is 5.91 Å². The van der Waals surface area contributed by atoms with Gasteiger partial charge >= 0.3 is 0 Å². The molecule has 2 amide bonds. The lowest BCUT2D eigenvalue weighted by Crippen LogP contribution is -2.40. The highest BCUT2D eigenvalue weighted by molar-refractivity contribution is 5.99. The average molecular weight is 447 g/mol. The Labute approximate surface area is 195 Å². The van der Waals surface area contributed by atoms with E-state index in [4.69, 9.17) is 9.47 Å². The van der Waals surface area contributed by atoms with Crippen molar-refractivity contribution in [1.29, 1.82) is 0 Å². The van der Waals surface area contributed by atoms with Crippen LogP contribution in [0.25, 0.3) is 0 Å². The van der Waals surface area contributed by atoms with Gasteiger partial charge in [0.2, 0.25) is 5.91 Å². The summed E-state index contributed by atoms with van der Waals surface area (Å²) >= 11 is 0. The van der Waals surface area contributed by atoms with E-state index in [1.54, 1.807) is 25.3 Å². The Hall–Kier alpha value is -3.64. The maximum absolute atomic E-state index is 13.2. The quantitative estimate of drug-likeness (QED) is 0.494. The highest BCUT2D eigenvalue weighted by Crippen LogP contribution is 2.19. The molecule has 0 aliphatic carbocycles. The standard InChI is InChI=1S/C27H30N2O4/c1-20-9-7-14-25(21(20)2)28-26(30)18-29(15-16-32-3)27(31)23-12-8-13-24(17-23)33-19-22-10-5-4-6-11-22/h4-14,17H,15-16,18-19H2,1-3H3,(H,28,30). The molecule has 33 heavy (non-hydrogen) atoms. The molecular weight excluding hydrogens is 416 g/mol. The zero-order chi connectivity index (χ0) is 23.6. The number of amides is 2. The minimum atomic E-state index is -0.260. The monoisotopic (exact) mass is 446 g/mol. The fourth-order valence-corrected chi connectivity index (χ4v) is 3.35. The van der Waals surface area contributed by atoms with Crippen molar-refractivity contribution in [2.75, 3.05) is 32.1 Å². The van der Waals surface area contributed by atoms with Crippen LogP contribution in [-0.4, -0.2) is 43.5 Å². The molecule has 0 aromatic heterocycles. The maximum atomic E-state index is 13.2. The number of rotatable bonds is 10. The zero-order valence-electron chi connectivity index (χ0n) is 19.3. The van der Waals surface area contributed by atoms with Crippen LogP contribution in [0.5, 0.6) is 5.75 Å². The first-order chi connectivity index (χ1) is 16.0. The summed E-state index contributed by atoms with van der Waals surface area (Å²) in [6.07, 6.45) is 0. The van der Waals surface area contributed by atoms with Gasteiger partial charge in [-0.2, -0.15) is 0 Å². The van der Waals surface area contributed by atoms with E-state index in [1.165, 1.54) is 4.90 Å². The van der Waals surface area contributed by atoms with E-state index in [9.17, 15) is 9.59 Å².